The maximum absolute atomic E-state index is 5.25. The number of hydrogen-bond donors (Lipinski definition) is 2. The lowest BCUT2D eigenvalue weighted by atomic mass is 10.1. The maximum Gasteiger partial charge on any atom is 0.312 e. The third-order valence-corrected chi connectivity index (χ3v) is 1.25. The van der Waals surface area contributed by atoms with Gasteiger partial charge in [0.1, 0.15) is 0 Å². The highest BCUT2D eigenvalue weighted by molar-refractivity contribution is 5.04. The lowest BCUT2D eigenvalue weighted by molar-refractivity contribution is 0.384. The molecular formula is C7H14N4O. The van der Waals surface area contributed by atoms with E-state index in [1.165, 1.54) is 0 Å². The summed E-state index contributed by atoms with van der Waals surface area (Å²) in [4.78, 5) is 0. The number of hydrogen-bond acceptors (Lipinski definition) is 5. The number of anilines is 1. The van der Waals surface area contributed by atoms with Crippen molar-refractivity contribution < 1.29 is 4.42 Å². The molecule has 5 nitrogen and oxygen atoms in total. The van der Waals surface area contributed by atoms with Crippen LogP contribution in [-0.2, 0) is 6.54 Å². The van der Waals surface area contributed by atoms with Crippen LogP contribution in [0, 0.1) is 0 Å². The van der Waals surface area contributed by atoms with Gasteiger partial charge in [-0.2, -0.15) is 0 Å². The summed E-state index contributed by atoms with van der Waals surface area (Å²) in [6, 6.07) is 0.112. The van der Waals surface area contributed by atoms with E-state index < -0.39 is 0 Å². The molecule has 0 bridgehead atoms. The van der Waals surface area contributed by atoms with Gasteiger partial charge >= 0.3 is 6.01 Å². The van der Waals surface area contributed by atoms with Crippen LogP contribution in [0.5, 0.6) is 0 Å². The molecular weight excluding hydrogens is 156 g/mol. The first-order valence-corrected chi connectivity index (χ1v) is 3.80. The van der Waals surface area contributed by atoms with Crippen molar-refractivity contribution in [3.8, 4) is 0 Å². The minimum Gasteiger partial charge on any atom is -0.407 e. The zero-order valence-electron chi connectivity index (χ0n) is 7.59. The van der Waals surface area contributed by atoms with Crippen molar-refractivity contribution in [1.82, 2.24) is 15.5 Å². The van der Waals surface area contributed by atoms with E-state index in [1.54, 1.807) is 0 Å². The van der Waals surface area contributed by atoms with Gasteiger partial charge in [0.25, 0.3) is 0 Å². The molecule has 0 aromatic carbocycles. The average Bonchev–Trinajstić information content (AvgIpc) is 2.30. The molecule has 1 heterocycles. The number of nitrogens with zero attached hydrogens (tertiary/aromatic N) is 2. The Hall–Kier alpha value is -1.10. The van der Waals surface area contributed by atoms with Crippen LogP contribution in [0.2, 0.25) is 0 Å². The van der Waals surface area contributed by atoms with E-state index in [-0.39, 0.29) is 11.6 Å². The van der Waals surface area contributed by atoms with E-state index in [0.717, 1.165) is 0 Å². The van der Waals surface area contributed by atoms with Gasteiger partial charge in [0, 0.05) is 5.54 Å². The zero-order valence-corrected chi connectivity index (χ0v) is 7.59. The first-order chi connectivity index (χ1) is 5.47. The number of rotatable bonds is 2. The van der Waals surface area contributed by atoms with E-state index in [4.69, 9.17) is 10.2 Å². The third-order valence-electron chi connectivity index (χ3n) is 1.25. The molecule has 0 aliphatic carbocycles. The quantitative estimate of drug-likeness (QED) is 0.677. The highest BCUT2D eigenvalue weighted by atomic mass is 16.4. The van der Waals surface area contributed by atoms with Crippen LogP contribution in [0.4, 0.5) is 6.01 Å². The number of nitrogens with one attached hydrogen (secondary N) is 1. The molecule has 0 radical (unpaired) electrons. The van der Waals surface area contributed by atoms with Crippen molar-refractivity contribution >= 4 is 6.01 Å². The van der Waals surface area contributed by atoms with Crippen LogP contribution >= 0.6 is 0 Å². The Balaban J connectivity index is 2.44. The Kier molecular flexibility index (Phi) is 2.32. The molecule has 68 valence electrons. The molecule has 3 N–H and O–H groups in total. The van der Waals surface area contributed by atoms with Gasteiger partial charge in [-0.1, -0.05) is 5.10 Å². The van der Waals surface area contributed by atoms with E-state index in [2.05, 4.69) is 36.3 Å². The number of nitrogens with two attached hydrogens (primary N) is 1. The Morgan fingerprint density at radius 1 is 1.42 bits per heavy atom. The van der Waals surface area contributed by atoms with Crippen molar-refractivity contribution in [3.05, 3.63) is 5.89 Å². The van der Waals surface area contributed by atoms with Crippen LogP contribution in [0.25, 0.3) is 0 Å². The molecule has 5 heteroatoms. The molecule has 0 unspecified atom stereocenters. The molecule has 1 rings (SSSR count). The van der Waals surface area contributed by atoms with Crippen LogP contribution in [0.3, 0.4) is 0 Å². The van der Waals surface area contributed by atoms with Crippen molar-refractivity contribution in [2.45, 2.75) is 32.9 Å². The fourth-order valence-electron chi connectivity index (χ4n) is 0.679. The minimum absolute atomic E-state index is 0.0449. The van der Waals surface area contributed by atoms with Gasteiger partial charge in [-0.3, -0.25) is 0 Å². The second kappa shape index (κ2) is 3.10. The molecule has 0 amide bonds. The molecule has 0 atom stereocenters. The van der Waals surface area contributed by atoms with E-state index in [1.807, 2.05) is 0 Å². The smallest absolute Gasteiger partial charge is 0.312 e. The van der Waals surface area contributed by atoms with Crippen LogP contribution in [0.1, 0.15) is 26.7 Å². The maximum atomic E-state index is 5.25. The van der Waals surface area contributed by atoms with Gasteiger partial charge in [-0.25, -0.2) is 0 Å². The van der Waals surface area contributed by atoms with Crippen molar-refractivity contribution in [2.24, 2.45) is 0 Å². The molecule has 0 aliphatic rings. The standard InChI is InChI=1S/C7H14N4O/c1-7(2,3)9-4-5-10-11-6(8)12-5/h9H,4H2,1-3H3,(H2,8,11). The fraction of sp³-hybridized carbons (Fsp3) is 0.714. The average molecular weight is 170 g/mol. The molecule has 0 saturated carbocycles. The highest BCUT2D eigenvalue weighted by Gasteiger charge is 2.10. The second-order valence-electron chi connectivity index (χ2n) is 3.64. The number of aromatic nitrogens is 2. The van der Waals surface area contributed by atoms with Gasteiger partial charge in [-0.15, -0.1) is 5.10 Å². The molecule has 12 heavy (non-hydrogen) atoms. The van der Waals surface area contributed by atoms with Gasteiger partial charge in [0.05, 0.1) is 6.54 Å². The van der Waals surface area contributed by atoms with Crippen LogP contribution in [0.15, 0.2) is 4.42 Å². The normalized spacial score (nSPS) is 11.9. The summed E-state index contributed by atoms with van der Waals surface area (Å²) >= 11 is 0. The summed E-state index contributed by atoms with van der Waals surface area (Å²) in [7, 11) is 0. The van der Waals surface area contributed by atoms with Crippen molar-refractivity contribution in [1.29, 1.82) is 0 Å². The van der Waals surface area contributed by atoms with Crippen LogP contribution in [-0.4, -0.2) is 15.7 Å². The third kappa shape index (κ3) is 2.87. The molecule has 0 spiro atoms. The van der Waals surface area contributed by atoms with Crippen molar-refractivity contribution in [3.63, 3.8) is 0 Å². The first-order valence-electron chi connectivity index (χ1n) is 3.80. The second-order valence-corrected chi connectivity index (χ2v) is 3.64. The Morgan fingerprint density at radius 2 is 2.08 bits per heavy atom. The zero-order chi connectivity index (χ0) is 9.19. The lowest BCUT2D eigenvalue weighted by Gasteiger charge is -2.18. The summed E-state index contributed by atoms with van der Waals surface area (Å²) in [6.45, 7) is 6.74. The van der Waals surface area contributed by atoms with E-state index in [9.17, 15) is 0 Å². The number of nitrogen functional groups attached to an aromatic ring is 1. The highest BCUT2D eigenvalue weighted by Crippen LogP contribution is 2.03. The Bertz CT molecular complexity index is 250. The Labute approximate surface area is 71.3 Å². The SMILES string of the molecule is CC(C)(C)NCc1nnc(N)o1. The summed E-state index contributed by atoms with van der Waals surface area (Å²) in [5.74, 6) is 0.516. The summed E-state index contributed by atoms with van der Waals surface area (Å²) < 4.78 is 4.97. The Morgan fingerprint density at radius 3 is 2.50 bits per heavy atom. The predicted molar refractivity (Wildman–Crippen MR) is 45.3 cm³/mol. The fourth-order valence-corrected chi connectivity index (χ4v) is 0.679. The van der Waals surface area contributed by atoms with E-state index in [0.29, 0.717) is 12.4 Å². The molecule has 0 saturated heterocycles. The van der Waals surface area contributed by atoms with E-state index >= 15 is 0 Å². The first kappa shape index (κ1) is 8.99. The predicted octanol–water partition coefficient (Wildman–Crippen LogP) is 0.540. The van der Waals surface area contributed by atoms with Gasteiger partial charge < -0.3 is 15.5 Å². The molecule has 0 fully saturated rings. The van der Waals surface area contributed by atoms with Gasteiger partial charge in [0.15, 0.2) is 0 Å². The topological polar surface area (TPSA) is 77.0 Å². The minimum atomic E-state index is 0.0449. The monoisotopic (exact) mass is 170 g/mol. The van der Waals surface area contributed by atoms with Gasteiger partial charge in [-0.05, 0) is 20.8 Å². The largest absolute Gasteiger partial charge is 0.407 e. The molecule has 0 aliphatic heterocycles. The van der Waals surface area contributed by atoms with Crippen LogP contribution < -0.4 is 11.1 Å². The van der Waals surface area contributed by atoms with Gasteiger partial charge in [0.2, 0.25) is 5.89 Å². The molecule has 1 aromatic heterocycles. The summed E-state index contributed by atoms with van der Waals surface area (Å²) in [5.41, 5.74) is 5.29. The summed E-state index contributed by atoms with van der Waals surface area (Å²) in [6.07, 6.45) is 0. The van der Waals surface area contributed by atoms with Crippen molar-refractivity contribution in [2.75, 3.05) is 5.73 Å². The summed E-state index contributed by atoms with van der Waals surface area (Å²) in [5, 5.41) is 10.5. The molecule has 1 aromatic rings. The lowest BCUT2D eigenvalue weighted by Crippen LogP contribution is -2.35.